The van der Waals surface area contributed by atoms with E-state index in [0.717, 1.165) is 36.0 Å². The number of nitrogens with zero attached hydrogens (tertiary/aromatic N) is 5. The molecule has 0 amide bonds. The van der Waals surface area contributed by atoms with Gasteiger partial charge in [-0.05, 0) is 37.6 Å². The van der Waals surface area contributed by atoms with Crippen molar-refractivity contribution in [1.29, 1.82) is 0 Å². The SMILES string of the molecule is Nc1ncnc2c1nc(Sc1ccc(Cl)cc1Cl)n2CCN1CCCC(O)C1. The number of β-amino-alcohol motifs (C(OH)–C–C–N with tert-alkyl or cyclic N) is 1. The van der Waals surface area contributed by atoms with Gasteiger partial charge in [0.15, 0.2) is 22.1 Å². The van der Waals surface area contributed by atoms with Gasteiger partial charge in [0.25, 0.3) is 0 Å². The second-order valence-electron chi connectivity index (χ2n) is 6.75. The summed E-state index contributed by atoms with van der Waals surface area (Å²) in [5.74, 6) is 0.348. The molecule has 0 spiro atoms. The molecule has 7 nitrogen and oxygen atoms in total. The highest BCUT2D eigenvalue weighted by Crippen LogP contribution is 2.36. The minimum Gasteiger partial charge on any atom is -0.392 e. The van der Waals surface area contributed by atoms with Crippen molar-refractivity contribution < 1.29 is 5.11 Å². The Labute approximate surface area is 176 Å². The number of likely N-dealkylation sites (tertiary alicyclic amines) is 1. The molecule has 1 saturated heterocycles. The molecule has 10 heteroatoms. The predicted molar refractivity (Wildman–Crippen MR) is 112 cm³/mol. The van der Waals surface area contributed by atoms with Crippen LogP contribution >= 0.6 is 35.0 Å². The van der Waals surface area contributed by atoms with Gasteiger partial charge in [0.2, 0.25) is 0 Å². The molecule has 3 N–H and O–H groups in total. The highest BCUT2D eigenvalue weighted by Gasteiger charge is 2.20. The van der Waals surface area contributed by atoms with Gasteiger partial charge in [0.05, 0.1) is 11.1 Å². The van der Waals surface area contributed by atoms with Gasteiger partial charge in [-0.2, -0.15) is 0 Å². The van der Waals surface area contributed by atoms with Crippen LogP contribution in [0.4, 0.5) is 5.82 Å². The standard InChI is InChI=1S/C18H20Cl2N6OS/c19-11-3-4-14(13(20)8-11)28-18-24-15-16(21)22-10-23-17(15)26(18)7-6-25-5-1-2-12(27)9-25/h3-4,8,10,12,27H,1-2,5-7,9H2,(H2,21,22,23). The second kappa shape index (κ2) is 8.42. The Hall–Kier alpha value is -1.58. The molecule has 3 heterocycles. The van der Waals surface area contributed by atoms with Crippen LogP contribution in [-0.4, -0.2) is 55.3 Å². The number of hydrogen-bond acceptors (Lipinski definition) is 7. The van der Waals surface area contributed by atoms with Crippen molar-refractivity contribution in [3.63, 3.8) is 0 Å². The van der Waals surface area contributed by atoms with Gasteiger partial charge in [-0.15, -0.1) is 0 Å². The number of piperidine rings is 1. The summed E-state index contributed by atoms with van der Waals surface area (Å²) < 4.78 is 2.03. The van der Waals surface area contributed by atoms with Gasteiger partial charge in [-0.25, -0.2) is 15.0 Å². The fourth-order valence-corrected chi connectivity index (χ4v) is 4.78. The van der Waals surface area contributed by atoms with Crippen LogP contribution in [0, 0.1) is 0 Å². The number of benzene rings is 1. The highest BCUT2D eigenvalue weighted by atomic mass is 35.5. The third-order valence-electron chi connectivity index (χ3n) is 4.74. The quantitative estimate of drug-likeness (QED) is 0.630. The van der Waals surface area contributed by atoms with E-state index in [4.69, 9.17) is 28.9 Å². The molecule has 1 atom stereocenters. The summed E-state index contributed by atoms with van der Waals surface area (Å²) in [4.78, 5) is 16.2. The Morgan fingerprint density at radius 2 is 2.11 bits per heavy atom. The minimum absolute atomic E-state index is 0.257. The molecular formula is C18H20Cl2N6OS. The highest BCUT2D eigenvalue weighted by molar-refractivity contribution is 7.99. The number of aromatic nitrogens is 4. The molecular weight excluding hydrogens is 419 g/mol. The van der Waals surface area contributed by atoms with E-state index < -0.39 is 0 Å². The second-order valence-corrected chi connectivity index (χ2v) is 8.60. The first kappa shape index (κ1) is 19.7. The zero-order chi connectivity index (χ0) is 19.7. The van der Waals surface area contributed by atoms with Crippen LogP contribution in [0.3, 0.4) is 0 Å². The van der Waals surface area contributed by atoms with E-state index in [9.17, 15) is 5.11 Å². The molecule has 1 fully saturated rings. The Morgan fingerprint density at radius 3 is 2.89 bits per heavy atom. The smallest absolute Gasteiger partial charge is 0.175 e. The van der Waals surface area contributed by atoms with Crippen LogP contribution in [0.5, 0.6) is 0 Å². The summed E-state index contributed by atoms with van der Waals surface area (Å²) in [7, 11) is 0. The average molecular weight is 439 g/mol. The van der Waals surface area contributed by atoms with Crippen LogP contribution in [0.25, 0.3) is 11.2 Å². The molecule has 0 radical (unpaired) electrons. The predicted octanol–water partition coefficient (Wildman–Crippen LogP) is 3.32. The molecule has 2 aromatic heterocycles. The lowest BCUT2D eigenvalue weighted by molar-refractivity contribution is 0.0687. The van der Waals surface area contributed by atoms with E-state index >= 15 is 0 Å². The van der Waals surface area contributed by atoms with E-state index in [1.807, 2.05) is 10.6 Å². The molecule has 1 aliphatic heterocycles. The zero-order valence-corrected chi connectivity index (χ0v) is 17.4. The maximum Gasteiger partial charge on any atom is 0.175 e. The first-order valence-corrected chi connectivity index (χ1v) is 10.6. The number of hydrogen-bond donors (Lipinski definition) is 2. The van der Waals surface area contributed by atoms with Crippen molar-refractivity contribution in [2.24, 2.45) is 0 Å². The van der Waals surface area contributed by atoms with Gasteiger partial charge < -0.3 is 15.4 Å². The minimum atomic E-state index is -0.257. The summed E-state index contributed by atoms with van der Waals surface area (Å²) in [6.45, 7) is 3.13. The first-order chi connectivity index (χ1) is 13.5. The van der Waals surface area contributed by atoms with Crippen LogP contribution in [0.15, 0.2) is 34.6 Å². The van der Waals surface area contributed by atoms with Crippen LogP contribution < -0.4 is 5.73 Å². The van der Waals surface area contributed by atoms with E-state index in [1.54, 1.807) is 12.1 Å². The van der Waals surface area contributed by atoms with Gasteiger partial charge in [-0.3, -0.25) is 4.90 Å². The van der Waals surface area contributed by atoms with Crippen LogP contribution in [0.1, 0.15) is 12.8 Å². The summed E-state index contributed by atoms with van der Waals surface area (Å²) in [6, 6.07) is 5.38. The van der Waals surface area contributed by atoms with Crippen molar-refractivity contribution in [2.75, 3.05) is 25.4 Å². The molecule has 1 aromatic carbocycles. The molecule has 0 bridgehead atoms. The van der Waals surface area contributed by atoms with Gasteiger partial charge in [0, 0.05) is 29.6 Å². The fraction of sp³-hybridized carbons (Fsp3) is 0.389. The molecule has 0 saturated carbocycles. The zero-order valence-electron chi connectivity index (χ0n) is 15.1. The summed E-state index contributed by atoms with van der Waals surface area (Å²) in [5.41, 5.74) is 7.29. The van der Waals surface area contributed by atoms with E-state index in [-0.39, 0.29) is 6.10 Å². The maximum atomic E-state index is 9.92. The number of halogens is 2. The van der Waals surface area contributed by atoms with Crippen LogP contribution in [0.2, 0.25) is 10.0 Å². The monoisotopic (exact) mass is 438 g/mol. The largest absolute Gasteiger partial charge is 0.392 e. The number of rotatable bonds is 5. The number of anilines is 1. The molecule has 3 aromatic rings. The van der Waals surface area contributed by atoms with Crippen molar-refractivity contribution in [2.45, 2.75) is 35.5 Å². The lowest BCUT2D eigenvalue weighted by atomic mass is 10.1. The third kappa shape index (κ3) is 4.21. The van der Waals surface area contributed by atoms with Gasteiger partial charge in [-0.1, -0.05) is 35.0 Å². The molecule has 1 aliphatic rings. The number of fused-ring (bicyclic) bond motifs is 1. The molecule has 148 valence electrons. The van der Waals surface area contributed by atoms with Crippen molar-refractivity contribution in [3.8, 4) is 0 Å². The van der Waals surface area contributed by atoms with E-state index in [2.05, 4.69) is 19.9 Å². The third-order valence-corrected chi connectivity index (χ3v) is 6.47. The Kier molecular flexibility index (Phi) is 5.93. The number of nitrogens with two attached hydrogens (primary N) is 1. The van der Waals surface area contributed by atoms with Crippen LogP contribution in [-0.2, 0) is 6.54 Å². The topological polar surface area (TPSA) is 93.1 Å². The fourth-order valence-electron chi connectivity index (χ4n) is 3.35. The first-order valence-electron chi connectivity index (χ1n) is 9.01. The number of aliphatic hydroxyl groups excluding tert-OH is 1. The van der Waals surface area contributed by atoms with Gasteiger partial charge in [0.1, 0.15) is 6.33 Å². The van der Waals surface area contributed by atoms with Crippen molar-refractivity contribution in [3.05, 3.63) is 34.6 Å². The molecule has 28 heavy (non-hydrogen) atoms. The van der Waals surface area contributed by atoms with Gasteiger partial charge >= 0.3 is 0 Å². The Balaban J connectivity index is 1.65. The Bertz CT molecular complexity index is 998. The van der Waals surface area contributed by atoms with Crippen molar-refractivity contribution in [1.82, 2.24) is 24.4 Å². The summed E-state index contributed by atoms with van der Waals surface area (Å²) in [5, 5.41) is 11.8. The maximum absolute atomic E-state index is 9.92. The summed E-state index contributed by atoms with van der Waals surface area (Å²) >= 11 is 13.8. The Morgan fingerprint density at radius 1 is 1.25 bits per heavy atom. The normalized spacial score (nSPS) is 18.0. The summed E-state index contributed by atoms with van der Waals surface area (Å²) in [6.07, 6.45) is 3.06. The number of imidazole rings is 1. The molecule has 0 aliphatic carbocycles. The number of nitrogen functional groups attached to an aromatic ring is 1. The van der Waals surface area contributed by atoms with E-state index in [1.165, 1.54) is 18.1 Å². The molecule has 4 rings (SSSR count). The lowest BCUT2D eigenvalue weighted by Crippen LogP contribution is -2.39. The van der Waals surface area contributed by atoms with E-state index in [0.29, 0.717) is 40.1 Å². The number of aliphatic hydroxyl groups is 1. The lowest BCUT2D eigenvalue weighted by Gasteiger charge is -2.30. The van der Waals surface area contributed by atoms with Crippen molar-refractivity contribution >= 4 is 51.9 Å². The molecule has 1 unspecified atom stereocenters. The average Bonchev–Trinajstić information content (AvgIpc) is 3.01.